The van der Waals surface area contributed by atoms with Crippen LogP contribution >= 0.6 is 0 Å². The first-order chi connectivity index (χ1) is 51.4. The summed E-state index contributed by atoms with van der Waals surface area (Å²) >= 11 is 0. The fourth-order valence-electron chi connectivity index (χ4n) is 10.3. The number of nitrogens with zero attached hydrogens (tertiary/aromatic N) is 3. The first-order valence-corrected chi connectivity index (χ1v) is 35.4. The Morgan fingerprint density at radius 2 is 1.01 bits per heavy atom. The van der Waals surface area contributed by atoms with Crippen LogP contribution in [0.4, 0.5) is 8.78 Å². The lowest BCUT2D eigenvalue weighted by Gasteiger charge is -2.41. The minimum absolute atomic E-state index is 0.0121. The van der Waals surface area contributed by atoms with Crippen LogP contribution in [0.2, 0.25) is 0 Å². The van der Waals surface area contributed by atoms with Gasteiger partial charge in [0.25, 0.3) is 11.8 Å². The Morgan fingerprint density at radius 1 is 0.551 bits per heavy atom. The van der Waals surface area contributed by atoms with Crippen LogP contribution in [0.5, 0.6) is 0 Å². The minimum atomic E-state index is -1.79. The van der Waals surface area contributed by atoms with Crippen LogP contribution in [0.15, 0.2) is 72.9 Å². The molecule has 10 amide bonds. The van der Waals surface area contributed by atoms with Gasteiger partial charge in [-0.25, -0.2) is 8.78 Å². The van der Waals surface area contributed by atoms with Crippen molar-refractivity contribution in [2.45, 2.75) is 90.6 Å². The van der Waals surface area contributed by atoms with Gasteiger partial charge in [0, 0.05) is 74.9 Å². The number of benzene rings is 2. The zero-order chi connectivity index (χ0) is 78.2. The number of hydrogen-bond donors (Lipinski definition) is 8. The summed E-state index contributed by atoms with van der Waals surface area (Å²) in [4.78, 5) is 134. The molecule has 0 saturated carbocycles. The maximum Gasteiger partial charge on any atom is 0.254 e. The SMILES string of the molecule is COCCOCCOCCOCCOCCOCCOCCOCCOCCOCCOCCOCCC(=O)N[C@@H](C)C(=O)N[C@@H](C)C(=O)N[C@@H](CC(N)=O)C(=O)N[C@@H](CCN(C(=O)CO)[C@@H](c1cc(-c2cc(F)ccc2F)cn1Cc1ccccc1)C(C)(C)C)C(=O)NCCNC(=O)CN1C(=O)C=CC1=O. The summed E-state index contributed by atoms with van der Waals surface area (Å²) in [6.45, 7) is 14.6. The second kappa shape index (κ2) is 52.7. The van der Waals surface area contributed by atoms with Crippen LogP contribution in [0.3, 0.4) is 0 Å². The Balaban J connectivity index is 1.19. The molecule has 107 heavy (non-hydrogen) atoms. The van der Waals surface area contributed by atoms with Crippen molar-refractivity contribution in [1.29, 1.82) is 0 Å². The summed E-state index contributed by atoms with van der Waals surface area (Å²) in [6, 6.07) is 6.71. The highest BCUT2D eigenvalue weighted by Gasteiger charge is 2.39. The quantitative estimate of drug-likeness (QED) is 0.0273. The monoisotopic (exact) mass is 1520 g/mol. The molecule has 0 bridgehead atoms. The fourth-order valence-corrected chi connectivity index (χ4v) is 10.3. The number of amides is 10. The maximum atomic E-state index is 15.5. The number of nitrogens with two attached hydrogens (primary N) is 1. The van der Waals surface area contributed by atoms with E-state index >= 15 is 4.39 Å². The fraction of sp³-hybridized carbons (Fsp3) is 0.611. The van der Waals surface area contributed by atoms with Gasteiger partial charge in [0.05, 0.1) is 164 Å². The third-order valence-corrected chi connectivity index (χ3v) is 15.7. The molecule has 0 saturated heterocycles. The summed E-state index contributed by atoms with van der Waals surface area (Å²) in [7, 11) is 1.62. The number of halogens is 2. The molecule has 9 N–H and O–H groups in total. The molecule has 598 valence electrons. The predicted molar refractivity (Wildman–Crippen MR) is 381 cm³/mol. The van der Waals surface area contributed by atoms with Gasteiger partial charge in [-0.15, -0.1) is 0 Å². The Kier molecular flexibility index (Phi) is 44.8. The van der Waals surface area contributed by atoms with E-state index in [-0.39, 0.29) is 63.6 Å². The van der Waals surface area contributed by atoms with Crippen molar-refractivity contribution in [3.05, 3.63) is 95.8 Å². The predicted octanol–water partition coefficient (Wildman–Crippen LogP) is 0.0107. The van der Waals surface area contributed by atoms with Crippen LogP contribution in [0.1, 0.15) is 71.2 Å². The molecule has 3 aromatic rings. The van der Waals surface area contributed by atoms with Crippen LogP contribution < -0.4 is 37.6 Å². The zero-order valence-corrected chi connectivity index (χ0v) is 62.0. The minimum Gasteiger partial charge on any atom is -0.387 e. The molecule has 0 spiro atoms. The third-order valence-electron chi connectivity index (χ3n) is 15.7. The average Bonchev–Trinajstić information content (AvgIpc) is 1.64. The van der Waals surface area contributed by atoms with E-state index in [4.69, 9.17) is 62.6 Å². The van der Waals surface area contributed by atoms with Gasteiger partial charge in [0.15, 0.2) is 0 Å². The van der Waals surface area contributed by atoms with Crippen LogP contribution in [-0.4, -0.2) is 295 Å². The second-order valence-electron chi connectivity index (χ2n) is 25.2. The van der Waals surface area contributed by atoms with E-state index in [0.717, 1.165) is 35.9 Å². The number of ether oxygens (including phenoxy) is 12. The number of methoxy groups -OCH3 is 1. The topological polar surface area (TPSA) is 411 Å². The molecule has 1 aromatic heterocycles. The van der Waals surface area contributed by atoms with E-state index in [9.17, 15) is 57.4 Å². The van der Waals surface area contributed by atoms with Gasteiger partial charge >= 0.3 is 0 Å². The summed E-state index contributed by atoms with van der Waals surface area (Å²) in [5.74, 6) is -9.90. The number of primary amides is 1. The first-order valence-electron chi connectivity index (χ1n) is 35.4. The van der Waals surface area contributed by atoms with Gasteiger partial charge in [-0.3, -0.25) is 52.8 Å². The lowest BCUT2D eigenvalue weighted by molar-refractivity contribution is -0.141. The number of aromatic nitrogens is 1. The van der Waals surface area contributed by atoms with Crippen molar-refractivity contribution >= 4 is 59.1 Å². The Hall–Kier alpha value is -8.30. The smallest absolute Gasteiger partial charge is 0.254 e. The number of nitrogens with one attached hydrogen (secondary N) is 6. The van der Waals surface area contributed by atoms with Crippen molar-refractivity contribution < 1.29 is 119 Å². The zero-order valence-electron chi connectivity index (χ0n) is 62.0. The number of carbonyl (C=O) groups is 10. The Bertz CT molecular complexity index is 3200. The van der Waals surface area contributed by atoms with Gasteiger partial charge in [0.2, 0.25) is 47.3 Å². The average molecular weight is 1520 g/mol. The van der Waals surface area contributed by atoms with E-state index in [1.54, 1.807) is 44.7 Å². The van der Waals surface area contributed by atoms with Crippen molar-refractivity contribution in [1.82, 2.24) is 46.3 Å². The summed E-state index contributed by atoms with van der Waals surface area (Å²) in [5, 5.41) is 25.4. The molecule has 0 radical (unpaired) electrons. The van der Waals surface area contributed by atoms with Crippen molar-refractivity contribution in [2.24, 2.45) is 11.1 Å². The highest BCUT2D eigenvalue weighted by molar-refractivity contribution is 6.14. The molecule has 1 aliphatic heterocycles. The van der Waals surface area contributed by atoms with Crippen LogP contribution in [0.25, 0.3) is 11.1 Å². The largest absolute Gasteiger partial charge is 0.387 e. The first kappa shape index (κ1) is 91.1. The molecule has 0 aliphatic carbocycles. The van der Waals surface area contributed by atoms with E-state index in [2.05, 4.69) is 31.9 Å². The molecule has 35 heteroatoms. The lowest BCUT2D eigenvalue weighted by atomic mass is 9.82. The highest BCUT2D eigenvalue weighted by atomic mass is 19.1. The van der Waals surface area contributed by atoms with Gasteiger partial charge in [-0.1, -0.05) is 51.1 Å². The van der Waals surface area contributed by atoms with E-state index in [0.29, 0.717) is 136 Å². The highest BCUT2D eigenvalue weighted by Crippen LogP contribution is 2.41. The number of aliphatic hydroxyl groups is 1. The van der Waals surface area contributed by atoms with E-state index in [1.807, 2.05) is 30.3 Å². The number of carbonyl (C=O) groups excluding carboxylic acids is 10. The molecule has 5 atom stereocenters. The molecule has 2 aromatic carbocycles. The maximum absolute atomic E-state index is 15.5. The Morgan fingerprint density at radius 3 is 1.49 bits per heavy atom. The Labute approximate surface area is 622 Å². The van der Waals surface area contributed by atoms with Gasteiger partial charge in [0.1, 0.15) is 49.0 Å². The molecule has 33 nitrogen and oxygen atoms in total. The summed E-state index contributed by atoms with van der Waals surface area (Å²) in [5.41, 5.74) is 6.01. The van der Waals surface area contributed by atoms with Crippen molar-refractivity contribution in [3.8, 4) is 11.1 Å². The molecule has 0 fully saturated rings. The van der Waals surface area contributed by atoms with E-state index < -0.39 is 139 Å². The van der Waals surface area contributed by atoms with Crippen molar-refractivity contribution in [2.75, 3.05) is 192 Å². The van der Waals surface area contributed by atoms with Gasteiger partial charge in [-0.2, -0.15) is 0 Å². The summed E-state index contributed by atoms with van der Waals surface area (Å²) < 4.78 is 97.0. The number of rotatable bonds is 60. The number of imide groups is 1. The molecule has 0 unspecified atom stereocenters. The third kappa shape index (κ3) is 37.4. The van der Waals surface area contributed by atoms with Crippen LogP contribution in [-0.2, 0) is 111 Å². The second-order valence-corrected chi connectivity index (χ2v) is 25.2. The number of aliphatic hydroxyl groups excluding tert-OH is 1. The molecular formula is C72H108F2N10O23. The standard InChI is InChI=1S/C72H108F2N10O23/c1-51(78-62(87)17-21-97-24-25-99-28-29-101-32-33-103-36-37-105-40-41-107-43-42-106-39-38-104-35-34-102-31-30-100-27-26-98-23-22-96-6)68(92)79-52(2)69(93)81-59(46-61(75)86)71(95)80-58(70(94)77-19-18-76-63(88)49-84-64(89)14-15-65(84)90)16-20-83(66(91)50-85)67(72(3,4)5)60-44-54(56-45-55(73)12-13-57(56)74)48-82(60)47-53-10-8-7-9-11-53/h7-15,44-45,48,51-52,58-59,67,85H,16-43,46-47,49-50H2,1-6H3,(H2,75,86)(H,76,88)(H,77,94)(H,78,87)(H,79,92)(H,80,95)(H,81,93)/t51-,52-,58-,59-,67-/m0/s1. The molecule has 1 aliphatic rings. The normalized spacial score (nSPS) is 13.6. The summed E-state index contributed by atoms with van der Waals surface area (Å²) in [6.07, 6.45) is 2.22. The van der Waals surface area contributed by atoms with Crippen LogP contribution in [0, 0.1) is 17.0 Å². The van der Waals surface area contributed by atoms with Gasteiger partial charge in [-0.05, 0) is 55.5 Å². The van der Waals surface area contributed by atoms with Gasteiger partial charge < -0.3 is 109 Å². The molecule has 4 rings (SSSR count). The van der Waals surface area contributed by atoms with E-state index in [1.165, 1.54) is 18.7 Å². The van der Waals surface area contributed by atoms with Crippen molar-refractivity contribution in [3.63, 3.8) is 0 Å². The molecule has 2 heterocycles. The lowest BCUT2D eigenvalue weighted by Crippen LogP contribution is -2.58. The molecular weight excluding hydrogens is 1410 g/mol. The number of hydrogen-bond acceptors (Lipinski definition) is 23.